The summed E-state index contributed by atoms with van der Waals surface area (Å²) in [6, 6.07) is 5.94. The third kappa shape index (κ3) is 3.85. The molecule has 18 heavy (non-hydrogen) atoms. The molecule has 8 heteroatoms. The SMILES string of the molecule is C/C(=N\N(C(N)=S)c1ccc(Cl)cc1)C(F)(F)F. The second-order valence-corrected chi connectivity index (χ2v) is 4.16. The van der Waals surface area contributed by atoms with E-state index >= 15 is 0 Å². The number of benzene rings is 1. The summed E-state index contributed by atoms with van der Waals surface area (Å²) >= 11 is 10.3. The van der Waals surface area contributed by atoms with E-state index < -0.39 is 11.9 Å². The molecular weight excluding hydrogens is 287 g/mol. The van der Waals surface area contributed by atoms with Gasteiger partial charge in [0.2, 0.25) is 0 Å². The summed E-state index contributed by atoms with van der Waals surface area (Å²) in [5, 5.41) is 4.34. The van der Waals surface area contributed by atoms with E-state index in [1.165, 1.54) is 24.3 Å². The lowest BCUT2D eigenvalue weighted by atomic mass is 10.3. The molecule has 0 aromatic heterocycles. The number of nitrogens with two attached hydrogens (primary N) is 1. The van der Waals surface area contributed by atoms with E-state index in [1.54, 1.807) is 0 Å². The van der Waals surface area contributed by atoms with Crippen molar-refractivity contribution in [3.05, 3.63) is 29.3 Å². The molecule has 2 N–H and O–H groups in total. The van der Waals surface area contributed by atoms with Crippen LogP contribution in [0.3, 0.4) is 0 Å². The van der Waals surface area contributed by atoms with Crippen LogP contribution in [-0.2, 0) is 0 Å². The third-order valence-corrected chi connectivity index (χ3v) is 2.37. The molecule has 0 atom stereocenters. The van der Waals surface area contributed by atoms with Crippen molar-refractivity contribution in [1.29, 1.82) is 0 Å². The van der Waals surface area contributed by atoms with Gasteiger partial charge < -0.3 is 5.73 Å². The van der Waals surface area contributed by atoms with Crippen molar-refractivity contribution in [2.45, 2.75) is 13.1 Å². The highest BCUT2D eigenvalue weighted by Gasteiger charge is 2.33. The average molecular weight is 296 g/mol. The van der Waals surface area contributed by atoms with Crippen molar-refractivity contribution in [3.8, 4) is 0 Å². The van der Waals surface area contributed by atoms with Crippen LogP contribution < -0.4 is 10.7 Å². The van der Waals surface area contributed by atoms with Crippen LogP contribution in [0.25, 0.3) is 0 Å². The van der Waals surface area contributed by atoms with Crippen molar-refractivity contribution >= 4 is 40.3 Å². The minimum atomic E-state index is -4.53. The Morgan fingerprint density at radius 1 is 1.33 bits per heavy atom. The maximum absolute atomic E-state index is 12.4. The van der Waals surface area contributed by atoms with Crippen LogP contribution in [-0.4, -0.2) is 17.0 Å². The predicted molar refractivity (Wildman–Crippen MR) is 69.9 cm³/mol. The third-order valence-electron chi connectivity index (χ3n) is 1.94. The van der Waals surface area contributed by atoms with Crippen molar-refractivity contribution in [2.75, 3.05) is 5.01 Å². The number of alkyl halides is 3. The van der Waals surface area contributed by atoms with Crippen molar-refractivity contribution in [1.82, 2.24) is 0 Å². The zero-order valence-electron chi connectivity index (χ0n) is 9.20. The molecule has 1 aromatic rings. The fraction of sp³-hybridized carbons (Fsp3) is 0.200. The average Bonchev–Trinajstić information content (AvgIpc) is 2.25. The van der Waals surface area contributed by atoms with Gasteiger partial charge in [-0.3, -0.25) is 0 Å². The molecule has 0 aliphatic rings. The molecule has 0 heterocycles. The molecule has 0 fully saturated rings. The Hall–Kier alpha value is -1.34. The lowest BCUT2D eigenvalue weighted by Gasteiger charge is -2.18. The summed E-state index contributed by atoms with van der Waals surface area (Å²) in [5.74, 6) is 0. The zero-order valence-corrected chi connectivity index (χ0v) is 10.8. The molecule has 0 aliphatic heterocycles. The zero-order chi connectivity index (χ0) is 13.9. The number of nitrogens with zero attached hydrogens (tertiary/aromatic N) is 2. The van der Waals surface area contributed by atoms with E-state index in [-0.39, 0.29) is 5.11 Å². The normalized spacial score (nSPS) is 12.4. The van der Waals surface area contributed by atoms with E-state index in [0.717, 1.165) is 11.9 Å². The van der Waals surface area contributed by atoms with Crippen LogP contribution in [0.1, 0.15) is 6.92 Å². The van der Waals surface area contributed by atoms with Crippen molar-refractivity contribution < 1.29 is 13.2 Å². The second kappa shape index (κ2) is 5.53. The molecule has 1 aromatic carbocycles. The first-order valence-corrected chi connectivity index (χ1v) is 5.48. The minimum Gasteiger partial charge on any atom is -0.374 e. The molecule has 3 nitrogen and oxygen atoms in total. The number of halogens is 4. The number of thiocarbonyl (C=S) groups is 1. The molecule has 0 saturated heterocycles. The fourth-order valence-electron chi connectivity index (χ4n) is 1.02. The predicted octanol–water partition coefficient (Wildman–Crippen LogP) is 3.33. The van der Waals surface area contributed by atoms with Gasteiger partial charge in [0.05, 0.1) is 5.69 Å². The van der Waals surface area contributed by atoms with E-state index in [9.17, 15) is 13.2 Å². The first-order valence-electron chi connectivity index (χ1n) is 4.69. The molecule has 0 radical (unpaired) electrons. The van der Waals surface area contributed by atoms with Gasteiger partial charge in [0.15, 0.2) is 5.11 Å². The smallest absolute Gasteiger partial charge is 0.374 e. The molecule has 0 spiro atoms. The van der Waals surface area contributed by atoms with Gasteiger partial charge >= 0.3 is 6.18 Å². The van der Waals surface area contributed by atoms with Crippen LogP contribution in [0.5, 0.6) is 0 Å². The van der Waals surface area contributed by atoms with Gasteiger partial charge in [-0.15, -0.1) is 0 Å². The number of hydrogen-bond donors (Lipinski definition) is 1. The maximum atomic E-state index is 12.4. The standard InChI is InChI=1S/C10H9ClF3N3S/c1-6(10(12,13)14)16-17(9(15)18)8-4-2-7(11)3-5-8/h2-5H,1H3,(H2,15,18)/b16-6+. The van der Waals surface area contributed by atoms with Gasteiger partial charge in [0, 0.05) is 5.02 Å². The Kier molecular flexibility index (Phi) is 4.53. The quantitative estimate of drug-likeness (QED) is 0.517. The lowest BCUT2D eigenvalue weighted by molar-refractivity contribution is -0.0593. The molecule has 0 amide bonds. The highest BCUT2D eigenvalue weighted by molar-refractivity contribution is 7.80. The minimum absolute atomic E-state index is 0.291. The van der Waals surface area contributed by atoms with E-state index in [2.05, 4.69) is 17.3 Å². The van der Waals surface area contributed by atoms with Crippen LogP contribution in [0.15, 0.2) is 29.4 Å². The van der Waals surface area contributed by atoms with Gasteiger partial charge in [0.1, 0.15) is 5.71 Å². The summed E-state index contributed by atoms with van der Waals surface area (Å²) in [6.45, 7) is 0.835. The Balaban J connectivity index is 3.12. The molecule has 0 bridgehead atoms. The lowest BCUT2D eigenvalue weighted by Crippen LogP contribution is -2.34. The second-order valence-electron chi connectivity index (χ2n) is 3.31. The Morgan fingerprint density at radius 2 is 1.83 bits per heavy atom. The van der Waals surface area contributed by atoms with Crippen LogP contribution >= 0.6 is 23.8 Å². The topological polar surface area (TPSA) is 41.6 Å². The van der Waals surface area contributed by atoms with Gasteiger partial charge in [-0.25, -0.2) is 5.01 Å². The molecule has 0 unspecified atom stereocenters. The molecule has 98 valence electrons. The maximum Gasteiger partial charge on any atom is 0.430 e. The van der Waals surface area contributed by atoms with Crippen LogP contribution in [0.2, 0.25) is 5.02 Å². The first-order chi connectivity index (χ1) is 8.21. The van der Waals surface area contributed by atoms with Gasteiger partial charge in [-0.05, 0) is 43.4 Å². The van der Waals surface area contributed by atoms with Gasteiger partial charge in [-0.2, -0.15) is 18.3 Å². The number of hydrazone groups is 1. The fourth-order valence-corrected chi connectivity index (χ4v) is 1.30. The summed E-state index contributed by atoms with van der Waals surface area (Å²) in [4.78, 5) is 0. The molecular formula is C10H9ClF3N3S. The van der Waals surface area contributed by atoms with Crippen LogP contribution in [0.4, 0.5) is 18.9 Å². The number of hydrogen-bond acceptors (Lipinski definition) is 2. The molecule has 1 rings (SSSR count). The largest absolute Gasteiger partial charge is 0.430 e. The van der Waals surface area contributed by atoms with E-state index in [1.807, 2.05) is 0 Å². The molecule has 0 aliphatic carbocycles. The molecule has 0 saturated carbocycles. The van der Waals surface area contributed by atoms with Gasteiger partial charge in [0.25, 0.3) is 0 Å². The Labute approximate surface area is 112 Å². The number of anilines is 1. The monoisotopic (exact) mass is 295 g/mol. The summed E-state index contributed by atoms with van der Waals surface area (Å²) in [5.41, 5.74) is 4.60. The number of rotatable bonds is 2. The summed E-state index contributed by atoms with van der Waals surface area (Å²) in [6.07, 6.45) is -4.53. The van der Waals surface area contributed by atoms with Crippen LogP contribution in [0, 0.1) is 0 Å². The van der Waals surface area contributed by atoms with E-state index in [0.29, 0.717) is 10.7 Å². The Bertz CT molecular complexity index is 470. The first kappa shape index (κ1) is 14.7. The van der Waals surface area contributed by atoms with Crippen molar-refractivity contribution in [3.63, 3.8) is 0 Å². The summed E-state index contributed by atoms with van der Waals surface area (Å²) in [7, 11) is 0. The van der Waals surface area contributed by atoms with Gasteiger partial charge in [-0.1, -0.05) is 11.6 Å². The highest BCUT2D eigenvalue weighted by atomic mass is 35.5. The highest BCUT2D eigenvalue weighted by Crippen LogP contribution is 2.22. The van der Waals surface area contributed by atoms with E-state index in [4.69, 9.17) is 17.3 Å². The van der Waals surface area contributed by atoms with Crippen molar-refractivity contribution in [2.24, 2.45) is 10.8 Å². The Morgan fingerprint density at radius 3 is 2.22 bits per heavy atom. The summed E-state index contributed by atoms with van der Waals surface area (Å²) < 4.78 is 37.2.